The number of nitrogens with one attached hydrogen (secondary N) is 2. The largest absolute Gasteiger partial charge is 0.489 e. The molecule has 4 aromatic carbocycles. The van der Waals surface area contributed by atoms with Gasteiger partial charge in [0.15, 0.2) is 5.78 Å². The molecule has 9 heteroatoms. The summed E-state index contributed by atoms with van der Waals surface area (Å²) in [7, 11) is 0. The number of nitrogens with zero attached hydrogens (tertiary/aromatic N) is 2. The Labute approximate surface area is 268 Å². The van der Waals surface area contributed by atoms with Gasteiger partial charge in [0.1, 0.15) is 5.75 Å². The maximum absolute atomic E-state index is 13.8. The van der Waals surface area contributed by atoms with E-state index >= 15 is 0 Å². The number of alkyl halides is 3. The number of halogens is 3. The van der Waals surface area contributed by atoms with Crippen LogP contribution in [0.25, 0.3) is 0 Å². The second kappa shape index (κ2) is 13.5. The van der Waals surface area contributed by atoms with Crippen molar-refractivity contribution in [2.75, 3.05) is 48.3 Å². The van der Waals surface area contributed by atoms with Gasteiger partial charge in [-0.25, -0.2) is 0 Å². The lowest BCUT2D eigenvalue weighted by Gasteiger charge is -2.37. The number of piperazine rings is 1. The van der Waals surface area contributed by atoms with Crippen molar-refractivity contribution in [3.63, 3.8) is 0 Å². The second-order valence-corrected chi connectivity index (χ2v) is 12.2. The first-order valence-electron chi connectivity index (χ1n) is 15.8. The highest BCUT2D eigenvalue weighted by molar-refractivity contribution is 6.03. The van der Waals surface area contributed by atoms with Gasteiger partial charge < -0.3 is 20.3 Å². The van der Waals surface area contributed by atoms with Crippen LogP contribution in [0.3, 0.4) is 0 Å². The summed E-state index contributed by atoms with van der Waals surface area (Å²) < 4.78 is 44.7. The number of anilines is 3. The van der Waals surface area contributed by atoms with Crippen LogP contribution >= 0.6 is 0 Å². The van der Waals surface area contributed by atoms with Gasteiger partial charge in [-0.2, -0.15) is 13.2 Å². The van der Waals surface area contributed by atoms with Crippen molar-refractivity contribution in [3.05, 3.63) is 119 Å². The number of hydrogen-bond acceptors (Lipinski definition) is 6. The molecular formula is C37H39F3N4O2. The number of fused-ring (bicyclic) bond motifs is 1. The summed E-state index contributed by atoms with van der Waals surface area (Å²) in [4.78, 5) is 18.6. The average molecular weight is 629 g/mol. The Morgan fingerprint density at radius 1 is 0.913 bits per heavy atom. The van der Waals surface area contributed by atoms with E-state index in [2.05, 4.69) is 38.6 Å². The van der Waals surface area contributed by atoms with Gasteiger partial charge in [-0.15, -0.1) is 0 Å². The molecule has 2 N–H and O–H groups in total. The van der Waals surface area contributed by atoms with Crippen LogP contribution in [0.4, 0.5) is 30.2 Å². The van der Waals surface area contributed by atoms with Crippen molar-refractivity contribution in [1.82, 2.24) is 4.90 Å². The first-order chi connectivity index (χ1) is 22.1. The maximum Gasteiger partial charge on any atom is 0.416 e. The third kappa shape index (κ3) is 7.31. The lowest BCUT2D eigenvalue weighted by molar-refractivity contribution is -0.137. The summed E-state index contributed by atoms with van der Waals surface area (Å²) in [5, 5.41) is 6.65. The Morgan fingerprint density at radius 2 is 1.67 bits per heavy atom. The SMILES string of the molecule is CC(C)Oc1ccccc1N1CCN(Cc2cccc(C(=O)C3CNc4ccc(NCc5ccc(C(F)(F)F)cc5)cc43)c2)CC1. The third-order valence-electron chi connectivity index (χ3n) is 8.58. The highest BCUT2D eigenvalue weighted by Crippen LogP contribution is 2.36. The van der Waals surface area contributed by atoms with Gasteiger partial charge in [0.25, 0.3) is 0 Å². The zero-order valence-corrected chi connectivity index (χ0v) is 26.1. The minimum Gasteiger partial charge on any atom is -0.489 e. The number of carbonyl (C=O) groups excluding carboxylic acids is 1. The van der Waals surface area contributed by atoms with E-state index in [1.807, 2.05) is 62.4 Å². The summed E-state index contributed by atoms with van der Waals surface area (Å²) in [6.45, 7) is 9.37. The highest BCUT2D eigenvalue weighted by atomic mass is 19.4. The van der Waals surface area contributed by atoms with Crippen LogP contribution in [0.15, 0.2) is 91.0 Å². The molecule has 0 bridgehead atoms. The van der Waals surface area contributed by atoms with E-state index < -0.39 is 11.7 Å². The molecule has 0 spiro atoms. The number of Topliss-reactive ketones (excluding diaryl/α,β-unsaturated/α-hetero) is 1. The fourth-order valence-corrected chi connectivity index (χ4v) is 6.19. The highest BCUT2D eigenvalue weighted by Gasteiger charge is 2.31. The number of carbonyl (C=O) groups is 1. The van der Waals surface area contributed by atoms with E-state index in [0.717, 1.165) is 84.4 Å². The summed E-state index contributed by atoms with van der Waals surface area (Å²) in [5.41, 5.74) is 5.67. The monoisotopic (exact) mass is 628 g/mol. The van der Waals surface area contributed by atoms with Gasteiger partial charge in [0.2, 0.25) is 0 Å². The van der Waals surface area contributed by atoms with Crippen LogP contribution in [-0.4, -0.2) is 49.5 Å². The van der Waals surface area contributed by atoms with Crippen molar-refractivity contribution in [1.29, 1.82) is 0 Å². The van der Waals surface area contributed by atoms with Crippen LogP contribution in [0.5, 0.6) is 5.75 Å². The van der Waals surface area contributed by atoms with E-state index in [1.54, 1.807) is 0 Å². The molecule has 240 valence electrons. The fraction of sp³-hybridized carbons (Fsp3) is 0.324. The summed E-state index contributed by atoms with van der Waals surface area (Å²) in [6, 6.07) is 27.1. The molecule has 0 radical (unpaired) electrons. The first kappa shape index (κ1) is 31.5. The summed E-state index contributed by atoms with van der Waals surface area (Å²) in [6.07, 6.45) is -4.24. The number of benzene rings is 4. The molecule has 1 atom stereocenters. The van der Waals surface area contributed by atoms with Gasteiger partial charge in [-0.05, 0) is 79.1 Å². The molecule has 0 aromatic heterocycles. The zero-order valence-electron chi connectivity index (χ0n) is 26.1. The Hall–Kier alpha value is -4.50. The van der Waals surface area contributed by atoms with Gasteiger partial charge >= 0.3 is 6.18 Å². The van der Waals surface area contributed by atoms with Crippen LogP contribution < -0.4 is 20.3 Å². The molecule has 1 saturated heterocycles. The van der Waals surface area contributed by atoms with Crippen molar-refractivity contribution < 1.29 is 22.7 Å². The molecule has 4 aromatic rings. The number of rotatable bonds is 10. The lowest BCUT2D eigenvalue weighted by Crippen LogP contribution is -2.46. The smallest absolute Gasteiger partial charge is 0.416 e. The maximum atomic E-state index is 13.8. The Kier molecular flexibility index (Phi) is 9.22. The van der Waals surface area contributed by atoms with Gasteiger partial charge in [0, 0.05) is 62.8 Å². The van der Waals surface area contributed by atoms with Crippen molar-refractivity contribution in [2.24, 2.45) is 0 Å². The zero-order chi connectivity index (χ0) is 32.3. The molecule has 6 nitrogen and oxygen atoms in total. The van der Waals surface area contributed by atoms with E-state index in [4.69, 9.17) is 4.74 Å². The lowest BCUT2D eigenvalue weighted by atomic mass is 9.91. The molecule has 2 aliphatic rings. The molecule has 0 aliphatic carbocycles. The minimum atomic E-state index is -4.36. The topological polar surface area (TPSA) is 56.8 Å². The number of ketones is 1. The third-order valence-corrected chi connectivity index (χ3v) is 8.58. The van der Waals surface area contributed by atoms with Crippen LogP contribution in [-0.2, 0) is 19.3 Å². The van der Waals surface area contributed by atoms with E-state index in [1.165, 1.54) is 12.1 Å². The fourth-order valence-electron chi connectivity index (χ4n) is 6.19. The van der Waals surface area contributed by atoms with Crippen molar-refractivity contribution in [3.8, 4) is 5.75 Å². The molecule has 6 rings (SSSR count). The van der Waals surface area contributed by atoms with E-state index in [0.29, 0.717) is 18.7 Å². The number of para-hydroxylation sites is 2. The van der Waals surface area contributed by atoms with Gasteiger partial charge in [0.05, 0.1) is 23.3 Å². The summed E-state index contributed by atoms with van der Waals surface area (Å²) >= 11 is 0. The van der Waals surface area contributed by atoms with E-state index in [9.17, 15) is 18.0 Å². The quantitative estimate of drug-likeness (QED) is 0.175. The normalized spacial score (nSPS) is 16.7. The van der Waals surface area contributed by atoms with Crippen molar-refractivity contribution in [2.45, 2.75) is 45.1 Å². The standard InChI is InChI=1S/C37H39F3N4O2/c1-25(2)46-35-9-4-3-8-34(35)44-18-16-43(17-19-44)24-27-6-5-7-28(20-27)36(45)32-23-42-33-15-14-30(21-31(32)33)41-22-26-10-12-29(13-11-26)37(38,39)40/h3-15,20-21,25,32,41-42H,16-19,22-24H2,1-2H3. The predicted molar refractivity (Wildman–Crippen MR) is 177 cm³/mol. The molecule has 1 unspecified atom stereocenters. The van der Waals surface area contributed by atoms with Crippen LogP contribution in [0.2, 0.25) is 0 Å². The second-order valence-electron chi connectivity index (χ2n) is 12.2. The van der Waals surface area contributed by atoms with Crippen molar-refractivity contribution >= 4 is 22.8 Å². The van der Waals surface area contributed by atoms with Crippen LogP contribution in [0.1, 0.15) is 52.4 Å². The molecule has 2 aliphatic heterocycles. The molecule has 1 fully saturated rings. The molecule has 0 amide bonds. The number of hydrogen-bond donors (Lipinski definition) is 2. The predicted octanol–water partition coefficient (Wildman–Crippen LogP) is 7.82. The Morgan fingerprint density at radius 3 is 2.41 bits per heavy atom. The van der Waals surface area contributed by atoms with Gasteiger partial charge in [-0.3, -0.25) is 9.69 Å². The molecular weight excluding hydrogens is 589 g/mol. The molecule has 0 saturated carbocycles. The Balaban J connectivity index is 1.07. The van der Waals surface area contributed by atoms with Crippen LogP contribution in [0, 0.1) is 0 Å². The average Bonchev–Trinajstić information content (AvgIpc) is 3.47. The number of ether oxygens (including phenoxy) is 1. The Bertz CT molecular complexity index is 1660. The molecule has 2 heterocycles. The molecule has 46 heavy (non-hydrogen) atoms. The summed E-state index contributed by atoms with van der Waals surface area (Å²) in [5.74, 6) is 0.663. The van der Waals surface area contributed by atoms with E-state index in [-0.39, 0.29) is 17.8 Å². The van der Waals surface area contributed by atoms with Gasteiger partial charge in [-0.1, -0.05) is 42.5 Å². The first-order valence-corrected chi connectivity index (χ1v) is 15.8. The minimum absolute atomic E-state index is 0.0690.